The topological polar surface area (TPSA) is 182 Å². The van der Waals surface area contributed by atoms with Crippen molar-refractivity contribution in [3.05, 3.63) is 0 Å². The Morgan fingerprint density at radius 3 is 2.42 bits per heavy atom. The lowest BCUT2D eigenvalue weighted by Gasteiger charge is -2.50. The van der Waals surface area contributed by atoms with Crippen molar-refractivity contribution in [3.8, 4) is 0 Å². The number of fused-ring (bicyclic) bond motifs is 1. The van der Waals surface area contributed by atoms with Crippen molar-refractivity contribution in [2.24, 2.45) is 17.4 Å². The largest absolute Gasteiger partial charge is 0.394 e. The minimum Gasteiger partial charge on any atom is -0.394 e. The summed E-state index contributed by atoms with van der Waals surface area (Å²) in [5.41, 5.74) is 11.8. The van der Waals surface area contributed by atoms with Gasteiger partial charge in [0.15, 0.2) is 12.6 Å². The van der Waals surface area contributed by atoms with Crippen LogP contribution in [-0.2, 0) is 18.9 Å². The van der Waals surface area contributed by atoms with Crippen molar-refractivity contribution in [1.29, 1.82) is 0 Å². The molecule has 0 aromatic rings. The Morgan fingerprint density at radius 2 is 1.77 bits per heavy atom. The van der Waals surface area contributed by atoms with E-state index in [2.05, 4.69) is 5.32 Å². The predicted molar refractivity (Wildman–Crippen MR) is 86.6 cm³/mol. The minimum absolute atomic E-state index is 0.299. The van der Waals surface area contributed by atoms with Gasteiger partial charge in [-0.05, 0) is 7.05 Å². The van der Waals surface area contributed by atoms with Crippen molar-refractivity contribution < 1.29 is 39.4 Å². The van der Waals surface area contributed by atoms with E-state index < -0.39 is 67.8 Å². The van der Waals surface area contributed by atoms with Crippen LogP contribution < -0.4 is 16.8 Å². The van der Waals surface area contributed by atoms with E-state index in [0.29, 0.717) is 13.2 Å². The molecule has 9 N–H and O–H groups in total. The number of hydrogen-bond acceptors (Lipinski definition) is 11. The summed E-state index contributed by atoms with van der Waals surface area (Å²) in [5, 5.41) is 43.2. The first-order valence-electron chi connectivity index (χ1n) is 8.76. The molecule has 0 aromatic carbocycles. The van der Waals surface area contributed by atoms with Crippen LogP contribution >= 0.6 is 0 Å². The molecule has 3 aliphatic heterocycles. The van der Waals surface area contributed by atoms with Gasteiger partial charge in [-0.2, -0.15) is 0 Å². The van der Waals surface area contributed by atoms with Gasteiger partial charge in [-0.15, -0.1) is 0 Å². The summed E-state index contributed by atoms with van der Waals surface area (Å²) in [6, 6.07) is -2.03. The van der Waals surface area contributed by atoms with Gasteiger partial charge in [0, 0.05) is 5.92 Å². The van der Waals surface area contributed by atoms with Crippen molar-refractivity contribution in [1.82, 2.24) is 5.32 Å². The second kappa shape index (κ2) is 8.29. The Balaban J connectivity index is 1.74. The van der Waals surface area contributed by atoms with Crippen molar-refractivity contribution >= 4 is 0 Å². The van der Waals surface area contributed by atoms with Crippen LogP contribution in [0.5, 0.6) is 0 Å². The standard InChI is InChI=1S/C15H29N3O8/c1-18-9-10(20)5-3-23-4-6(16)13(5)25-14(9)26-15-12(22)11(21)8(17)7(2-19)24-15/h5-15,18-22H,2-4,16-17H2,1H3/t5-,6+,7-,8-,9+,10+,11+,12-,13-,14-,15-/m1/s1. The van der Waals surface area contributed by atoms with E-state index in [4.69, 9.17) is 30.4 Å². The van der Waals surface area contributed by atoms with Gasteiger partial charge in [-0.1, -0.05) is 0 Å². The molecule has 3 heterocycles. The summed E-state index contributed by atoms with van der Waals surface area (Å²) in [6.45, 7) is 0.169. The van der Waals surface area contributed by atoms with E-state index in [0.717, 1.165) is 0 Å². The number of ether oxygens (including phenoxy) is 4. The Labute approximate surface area is 151 Å². The molecule has 0 radical (unpaired) electrons. The third kappa shape index (κ3) is 3.62. The maximum Gasteiger partial charge on any atom is 0.189 e. The van der Waals surface area contributed by atoms with Crippen LogP contribution in [0.4, 0.5) is 0 Å². The van der Waals surface area contributed by atoms with E-state index in [1.54, 1.807) is 7.05 Å². The number of aliphatic hydroxyl groups excluding tert-OH is 4. The first-order valence-corrected chi connectivity index (χ1v) is 8.76. The van der Waals surface area contributed by atoms with Crippen LogP contribution in [0.25, 0.3) is 0 Å². The molecule has 0 aliphatic carbocycles. The van der Waals surface area contributed by atoms with Gasteiger partial charge >= 0.3 is 0 Å². The first-order chi connectivity index (χ1) is 12.4. The Bertz CT molecular complexity index is 472. The highest BCUT2D eigenvalue weighted by Crippen LogP contribution is 2.33. The molecule has 152 valence electrons. The molecule has 3 aliphatic rings. The van der Waals surface area contributed by atoms with Crippen LogP contribution in [0.1, 0.15) is 0 Å². The molecule has 0 amide bonds. The van der Waals surface area contributed by atoms with Gasteiger partial charge in [-0.3, -0.25) is 0 Å². The van der Waals surface area contributed by atoms with Crippen LogP contribution in [0, 0.1) is 5.92 Å². The number of aliphatic hydroxyl groups is 4. The predicted octanol–water partition coefficient (Wildman–Crippen LogP) is -4.58. The lowest BCUT2D eigenvalue weighted by molar-refractivity contribution is -0.355. The number of nitrogens with two attached hydrogens (primary N) is 2. The molecule has 0 bridgehead atoms. The van der Waals surface area contributed by atoms with Crippen molar-refractivity contribution in [3.63, 3.8) is 0 Å². The molecule has 11 heteroatoms. The summed E-state index contributed by atoms with van der Waals surface area (Å²) in [4.78, 5) is 0. The zero-order chi connectivity index (χ0) is 19.0. The average molecular weight is 379 g/mol. The number of hydrogen-bond donors (Lipinski definition) is 7. The lowest BCUT2D eigenvalue weighted by Crippen LogP contribution is -2.68. The lowest BCUT2D eigenvalue weighted by atomic mass is 9.83. The van der Waals surface area contributed by atoms with Gasteiger partial charge in [0.1, 0.15) is 18.3 Å². The number of likely N-dealkylation sites (N-methyl/N-ethyl adjacent to an activating group) is 1. The van der Waals surface area contributed by atoms with Crippen molar-refractivity contribution in [2.45, 2.75) is 61.2 Å². The van der Waals surface area contributed by atoms with E-state index in [-0.39, 0.29) is 5.92 Å². The highest BCUT2D eigenvalue weighted by atomic mass is 16.8. The number of rotatable bonds is 4. The maximum absolute atomic E-state index is 10.7. The first kappa shape index (κ1) is 20.3. The minimum atomic E-state index is -1.44. The highest BCUT2D eigenvalue weighted by Gasteiger charge is 2.51. The molecule has 0 unspecified atom stereocenters. The molecule has 11 atom stereocenters. The van der Waals surface area contributed by atoms with Crippen molar-refractivity contribution in [2.75, 3.05) is 26.9 Å². The molecule has 0 saturated carbocycles. The summed E-state index contributed by atoms with van der Waals surface area (Å²) >= 11 is 0. The molecule has 11 nitrogen and oxygen atoms in total. The quantitative estimate of drug-likeness (QED) is 0.250. The fourth-order valence-electron chi connectivity index (χ4n) is 3.79. The van der Waals surface area contributed by atoms with Crippen LogP contribution in [0.3, 0.4) is 0 Å². The fourth-order valence-corrected chi connectivity index (χ4v) is 3.79. The van der Waals surface area contributed by atoms with Gasteiger partial charge in [0.25, 0.3) is 0 Å². The third-order valence-electron chi connectivity index (χ3n) is 5.40. The summed E-state index contributed by atoms with van der Waals surface area (Å²) in [6.07, 6.45) is -7.33. The second-order valence-corrected chi connectivity index (χ2v) is 7.06. The molecule has 0 spiro atoms. The smallest absolute Gasteiger partial charge is 0.189 e. The molecule has 3 fully saturated rings. The van der Waals surface area contributed by atoms with Gasteiger partial charge < -0.3 is 56.2 Å². The van der Waals surface area contributed by atoms with Crippen LogP contribution in [0.2, 0.25) is 0 Å². The third-order valence-corrected chi connectivity index (χ3v) is 5.40. The highest BCUT2D eigenvalue weighted by molar-refractivity contribution is 4.99. The second-order valence-electron chi connectivity index (χ2n) is 7.06. The van der Waals surface area contributed by atoms with Gasteiger partial charge in [-0.25, -0.2) is 0 Å². The van der Waals surface area contributed by atoms with E-state index in [1.165, 1.54) is 0 Å². The van der Waals surface area contributed by atoms with E-state index in [1.807, 2.05) is 0 Å². The monoisotopic (exact) mass is 379 g/mol. The summed E-state index contributed by atoms with van der Waals surface area (Å²) in [5.74, 6) is -0.322. The zero-order valence-corrected chi connectivity index (χ0v) is 14.5. The SMILES string of the molecule is CN[C@@H]1[C@@H](O[C@H]2O[C@H](CO)[C@@H](N)[C@H](O)[C@H]2O)O[C@@H]2[C@H](COC[C@@H]2N)[C@@H]1O. The Morgan fingerprint density at radius 1 is 1.04 bits per heavy atom. The maximum atomic E-state index is 10.7. The summed E-state index contributed by atoms with van der Waals surface area (Å²) < 4.78 is 22.5. The average Bonchev–Trinajstić information content (AvgIpc) is 2.63. The molecule has 3 rings (SSSR count). The van der Waals surface area contributed by atoms with Gasteiger partial charge in [0.05, 0.1) is 50.2 Å². The van der Waals surface area contributed by atoms with Gasteiger partial charge in [0.2, 0.25) is 0 Å². The molecule has 26 heavy (non-hydrogen) atoms. The molecule has 0 aromatic heterocycles. The number of nitrogens with one attached hydrogen (secondary N) is 1. The fraction of sp³-hybridized carbons (Fsp3) is 1.00. The molecular formula is C15H29N3O8. The van der Waals surface area contributed by atoms with Crippen LogP contribution in [0.15, 0.2) is 0 Å². The normalized spacial score (nSPS) is 52.5. The van der Waals surface area contributed by atoms with E-state index in [9.17, 15) is 20.4 Å². The van der Waals surface area contributed by atoms with E-state index >= 15 is 0 Å². The zero-order valence-electron chi connectivity index (χ0n) is 14.5. The Kier molecular flexibility index (Phi) is 6.47. The molecule has 3 saturated heterocycles. The Hall–Kier alpha value is -0.440. The molecular weight excluding hydrogens is 350 g/mol. The summed E-state index contributed by atoms with van der Waals surface area (Å²) in [7, 11) is 1.64. The van der Waals surface area contributed by atoms with Crippen LogP contribution in [-0.4, -0.2) is 109 Å².